The third-order valence-corrected chi connectivity index (χ3v) is 2.54. The molecule has 0 unspecified atom stereocenters. The molecule has 0 saturated carbocycles. The predicted octanol–water partition coefficient (Wildman–Crippen LogP) is 2.22. The Morgan fingerprint density at radius 2 is 1.79 bits per heavy atom. The van der Waals surface area contributed by atoms with E-state index in [4.69, 9.17) is 0 Å². The van der Waals surface area contributed by atoms with Gasteiger partial charge in [-0.3, -0.25) is 0 Å². The monoisotopic (exact) mass is 184 g/mol. The van der Waals surface area contributed by atoms with Crippen LogP contribution in [0, 0.1) is 0 Å². The summed E-state index contributed by atoms with van der Waals surface area (Å²) in [7, 11) is 0. The zero-order chi connectivity index (χ0) is 9.97. The molecule has 0 saturated heterocycles. The van der Waals surface area contributed by atoms with E-state index in [9.17, 15) is 0 Å². The van der Waals surface area contributed by atoms with E-state index in [2.05, 4.69) is 48.7 Å². The minimum absolute atomic E-state index is 0.831. The third kappa shape index (κ3) is 1.32. The van der Waals surface area contributed by atoms with Crippen molar-refractivity contribution in [3.05, 3.63) is 54.1 Å². The van der Waals surface area contributed by atoms with Crippen molar-refractivity contribution in [1.82, 2.24) is 0 Å². The van der Waals surface area contributed by atoms with Crippen LogP contribution in [-0.2, 0) is 6.54 Å². The van der Waals surface area contributed by atoms with Crippen molar-refractivity contribution in [2.24, 2.45) is 0 Å². The summed E-state index contributed by atoms with van der Waals surface area (Å²) in [6, 6.07) is 12.6. The molecular formula is C13H14N+. The van der Waals surface area contributed by atoms with Gasteiger partial charge in [0.05, 0.1) is 0 Å². The smallest absolute Gasteiger partial charge is 0.100 e. The molecule has 2 rings (SSSR count). The molecule has 0 aliphatic carbocycles. The highest BCUT2D eigenvalue weighted by atomic mass is 14.5. The van der Waals surface area contributed by atoms with Gasteiger partial charge in [-0.2, -0.15) is 0 Å². The van der Waals surface area contributed by atoms with E-state index in [1.807, 2.05) is 6.08 Å². The van der Waals surface area contributed by atoms with Crippen LogP contribution in [0.3, 0.4) is 0 Å². The molecule has 2 aromatic rings. The van der Waals surface area contributed by atoms with Crippen molar-refractivity contribution in [3.8, 4) is 0 Å². The summed E-state index contributed by atoms with van der Waals surface area (Å²) in [5.74, 6) is 0. The first-order chi connectivity index (χ1) is 6.86. The van der Waals surface area contributed by atoms with Crippen molar-refractivity contribution in [2.75, 3.05) is 0 Å². The van der Waals surface area contributed by atoms with Crippen molar-refractivity contribution in [2.45, 2.75) is 6.54 Å². The largest absolute Gasteiger partial charge is 0.354 e. The fourth-order valence-corrected chi connectivity index (χ4v) is 1.80. The standard InChI is InChI=1S/C13H13N/c1-2-10-5-3-8-13-11(9-14)6-4-7-12(10)13/h2-8H,1,9,14H2/p+1. The summed E-state index contributed by atoms with van der Waals surface area (Å²) in [6.07, 6.45) is 1.90. The molecule has 0 aliphatic rings. The van der Waals surface area contributed by atoms with Crippen molar-refractivity contribution >= 4 is 16.8 Å². The number of hydrogen-bond acceptors (Lipinski definition) is 0. The lowest BCUT2D eigenvalue weighted by Crippen LogP contribution is -2.47. The lowest BCUT2D eigenvalue weighted by molar-refractivity contribution is -0.386. The van der Waals surface area contributed by atoms with Crippen LogP contribution in [0.5, 0.6) is 0 Å². The maximum atomic E-state index is 3.94. The molecule has 0 aromatic heterocycles. The summed E-state index contributed by atoms with van der Waals surface area (Å²) < 4.78 is 0. The Morgan fingerprint density at radius 3 is 2.50 bits per heavy atom. The van der Waals surface area contributed by atoms with Gasteiger partial charge in [0.2, 0.25) is 0 Å². The fourth-order valence-electron chi connectivity index (χ4n) is 1.80. The van der Waals surface area contributed by atoms with E-state index < -0.39 is 0 Å². The molecule has 3 N–H and O–H groups in total. The number of fused-ring (bicyclic) bond motifs is 1. The Hall–Kier alpha value is -1.60. The SMILES string of the molecule is C=Cc1cccc2c(C[NH3+])cccc12. The van der Waals surface area contributed by atoms with Gasteiger partial charge >= 0.3 is 0 Å². The summed E-state index contributed by atoms with van der Waals surface area (Å²) in [5.41, 5.74) is 6.43. The summed E-state index contributed by atoms with van der Waals surface area (Å²) in [5, 5.41) is 2.56. The Kier molecular flexibility index (Phi) is 2.33. The summed E-state index contributed by atoms with van der Waals surface area (Å²) in [4.78, 5) is 0. The topological polar surface area (TPSA) is 27.6 Å². The van der Waals surface area contributed by atoms with Gasteiger partial charge < -0.3 is 5.73 Å². The van der Waals surface area contributed by atoms with Gasteiger partial charge in [0.1, 0.15) is 6.54 Å². The van der Waals surface area contributed by atoms with Gasteiger partial charge in [-0.25, -0.2) is 0 Å². The normalized spacial score (nSPS) is 10.4. The third-order valence-electron chi connectivity index (χ3n) is 2.54. The molecule has 0 radical (unpaired) electrons. The van der Waals surface area contributed by atoms with Crippen molar-refractivity contribution in [1.29, 1.82) is 0 Å². The molecular weight excluding hydrogens is 170 g/mol. The molecule has 0 aliphatic heterocycles. The Balaban J connectivity index is 2.84. The first-order valence-electron chi connectivity index (χ1n) is 4.79. The first kappa shape index (κ1) is 8.97. The molecule has 1 heteroatoms. The highest BCUT2D eigenvalue weighted by molar-refractivity contribution is 5.92. The van der Waals surface area contributed by atoms with E-state index in [-0.39, 0.29) is 0 Å². The second-order valence-corrected chi connectivity index (χ2v) is 3.31. The van der Waals surface area contributed by atoms with E-state index in [1.165, 1.54) is 21.9 Å². The lowest BCUT2D eigenvalue weighted by atomic mass is 10.0. The van der Waals surface area contributed by atoms with Crippen LogP contribution in [0.1, 0.15) is 11.1 Å². The highest BCUT2D eigenvalue weighted by Crippen LogP contribution is 2.22. The first-order valence-corrected chi connectivity index (χ1v) is 4.79. The summed E-state index contributed by atoms with van der Waals surface area (Å²) >= 11 is 0. The number of rotatable bonds is 2. The molecule has 14 heavy (non-hydrogen) atoms. The van der Waals surface area contributed by atoms with Crippen LogP contribution in [0.4, 0.5) is 0 Å². The molecule has 0 fully saturated rings. The molecule has 0 spiro atoms. The average Bonchev–Trinajstić information content (AvgIpc) is 2.27. The van der Waals surface area contributed by atoms with E-state index in [1.54, 1.807) is 0 Å². The van der Waals surface area contributed by atoms with Gasteiger partial charge in [0.25, 0.3) is 0 Å². The zero-order valence-electron chi connectivity index (χ0n) is 8.16. The van der Waals surface area contributed by atoms with Crippen LogP contribution < -0.4 is 5.73 Å². The van der Waals surface area contributed by atoms with Gasteiger partial charge in [-0.05, 0) is 16.3 Å². The second-order valence-electron chi connectivity index (χ2n) is 3.31. The molecule has 70 valence electrons. The number of quaternary nitrogens is 1. The van der Waals surface area contributed by atoms with Gasteiger partial charge in [-0.15, -0.1) is 0 Å². The lowest BCUT2D eigenvalue weighted by Gasteiger charge is -2.05. The minimum Gasteiger partial charge on any atom is -0.354 e. The molecule has 1 nitrogen and oxygen atoms in total. The fraction of sp³-hybridized carbons (Fsp3) is 0.0769. The molecule has 0 amide bonds. The van der Waals surface area contributed by atoms with Gasteiger partial charge in [0, 0.05) is 5.56 Å². The number of hydrogen-bond donors (Lipinski definition) is 1. The van der Waals surface area contributed by atoms with Crippen LogP contribution >= 0.6 is 0 Å². The minimum atomic E-state index is 0.831. The quantitative estimate of drug-likeness (QED) is 0.741. The van der Waals surface area contributed by atoms with E-state index in [0.29, 0.717) is 0 Å². The Labute approximate surface area is 83.9 Å². The van der Waals surface area contributed by atoms with E-state index >= 15 is 0 Å². The van der Waals surface area contributed by atoms with Crippen LogP contribution in [0.2, 0.25) is 0 Å². The zero-order valence-corrected chi connectivity index (χ0v) is 8.16. The molecule has 0 bridgehead atoms. The number of benzene rings is 2. The molecule has 0 atom stereocenters. The average molecular weight is 184 g/mol. The molecule has 2 aromatic carbocycles. The highest BCUT2D eigenvalue weighted by Gasteiger charge is 2.01. The maximum absolute atomic E-state index is 3.94. The van der Waals surface area contributed by atoms with Crippen LogP contribution in [0.25, 0.3) is 16.8 Å². The van der Waals surface area contributed by atoms with Crippen molar-refractivity contribution in [3.63, 3.8) is 0 Å². The summed E-state index contributed by atoms with van der Waals surface area (Å²) in [6.45, 7) is 4.65. The van der Waals surface area contributed by atoms with Gasteiger partial charge in [-0.1, -0.05) is 49.1 Å². The van der Waals surface area contributed by atoms with Crippen LogP contribution in [-0.4, -0.2) is 0 Å². The van der Waals surface area contributed by atoms with Crippen LogP contribution in [0.15, 0.2) is 43.0 Å². The van der Waals surface area contributed by atoms with E-state index in [0.717, 1.165) is 6.54 Å². The maximum Gasteiger partial charge on any atom is 0.100 e. The van der Waals surface area contributed by atoms with Gasteiger partial charge in [0.15, 0.2) is 0 Å². The second kappa shape index (κ2) is 3.64. The predicted molar refractivity (Wildman–Crippen MR) is 60.6 cm³/mol. The van der Waals surface area contributed by atoms with Crippen molar-refractivity contribution < 1.29 is 5.73 Å². The Bertz CT molecular complexity index is 472. The Morgan fingerprint density at radius 1 is 1.07 bits per heavy atom. The molecule has 0 heterocycles.